The van der Waals surface area contributed by atoms with Gasteiger partial charge in [0.2, 0.25) is 0 Å². The number of piperazine rings is 1. The summed E-state index contributed by atoms with van der Waals surface area (Å²) in [5.41, 5.74) is 0. The van der Waals surface area contributed by atoms with Gasteiger partial charge in [0.05, 0.1) is 0 Å². The van der Waals surface area contributed by atoms with E-state index in [-0.39, 0.29) is 0 Å². The van der Waals surface area contributed by atoms with Gasteiger partial charge in [0.1, 0.15) is 0 Å². The van der Waals surface area contributed by atoms with E-state index in [0.29, 0.717) is 0 Å². The molecular formula is C8H18N2. The maximum Gasteiger partial charge on any atom is 0.0195 e. The second kappa shape index (κ2) is 3.35. The Morgan fingerprint density at radius 1 is 1.40 bits per heavy atom. The highest BCUT2D eigenvalue weighted by Crippen LogP contribution is 2.05. The van der Waals surface area contributed by atoms with Gasteiger partial charge >= 0.3 is 0 Å². The summed E-state index contributed by atoms with van der Waals surface area (Å²) < 4.78 is 0. The van der Waals surface area contributed by atoms with Crippen molar-refractivity contribution in [2.45, 2.75) is 19.9 Å². The Kier molecular flexibility index (Phi) is 2.69. The Hall–Kier alpha value is -0.0800. The average Bonchev–Trinajstić information content (AvgIpc) is 1.88. The van der Waals surface area contributed by atoms with Gasteiger partial charge in [-0.25, -0.2) is 0 Å². The lowest BCUT2D eigenvalue weighted by Gasteiger charge is -2.37. The Balaban J connectivity index is 2.36. The molecule has 1 rings (SSSR count). The molecule has 0 aromatic heterocycles. The Bertz CT molecular complexity index is 103. The molecule has 0 aromatic carbocycles. The number of hydrogen-bond acceptors (Lipinski definition) is 2. The molecule has 0 radical (unpaired) electrons. The van der Waals surface area contributed by atoms with Crippen LogP contribution in [-0.2, 0) is 0 Å². The zero-order valence-electron chi connectivity index (χ0n) is 7.30. The number of hydrogen-bond donors (Lipinski definition) is 0. The van der Waals surface area contributed by atoms with Gasteiger partial charge in [0.15, 0.2) is 0 Å². The van der Waals surface area contributed by atoms with Crippen LogP contribution < -0.4 is 0 Å². The normalized spacial score (nSPS) is 30.9. The van der Waals surface area contributed by atoms with E-state index in [1.54, 1.807) is 0 Å². The van der Waals surface area contributed by atoms with Crippen molar-refractivity contribution in [2.75, 3.05) is 33.2 Å². The first kappa shape index (κ1) is 8.02. The largest absolute Gasteiger partial charge is 0.304 e. The lowest BCUT2D eigenvalue weighted by Crippen LogP contribution is -2.50. The smallest absolute Gasteiger partial charge is 0.0195 e. The third kappa shape index (κ3) is 1.70. The van der Waals surface area contributed by atoms with Crippen LogP contribution in [0.25, 0.3) is 0 Å². The first-order valence-corrected chi connectivity index (χ1v) is 4.16. The molecule has 0 spiro atoms. The van der Waals surface area contributed by atoms with E-state index in [0.717, 1.165) is 6.04 Å². The van der Waals surface area contributed by atoms with Crippen molar-refractivity contribution >= 4 is 0 Å². The fourth-order valence-corrected chi connectivity index (χ4v) is 1.65. The zero-order chi connectivity index (χ0) is 7.56. The van der Waals surface area contributed by atoms with Gasteiger partial charge in [0.25, 0.3) is 0 Å². The summed E-state index contributed by atoms with van der Waals surface area (Å²) in [5, 5.41) is 0. The van der Waals surface area contributed by atoms with Crippen LogP contribution in [0.1, 0.15) is 13.8 Å². The molecule has 1 unspecified atom stereocenters. The minimum Gasteiger partial charge on any atom is -0.304 e. The first-order valence-electron chi connectivity index (χ1n) is 4.16. The van der Waals surface area contributed by atoms with Gasteiger partial charge in [-0.2, -0.15) is 0 Å². The predicted octanol–water partition coefficient (Wildman–Crippen LogP) is 0.642. The van der Waals surface area contributed by atoms with Crippen LogP contribution in [0.3, 0.4) is 0 Å². The molecule has 0 N–H and O–H groups in total. The molecule has 2 nitrogen and oxygen atoms in total. The van der Waals surface area contributed by atoms with Crippen molar-refractivity contribution in [3.63, 3.8) is 0 Å². The van der Waals surface area contributed by atoms with E-state index in [1.807, 2.05) is 0 Å². The Morgan fingerprint density at radius 3 is 2.60 bits per heavy atom. The second-order valence-electron chi connectivity index (χ2n) is 3.24. The van der Waals surface area contributed by atoms with Crippen LogP contribution in [0.5, 0.6) is 0 Å². The third-order valence-corrected chi connectivity index (χ3v) is 2.37. The monoisotopic (exact) mass is 142 g/mol. The molecule has 1 heterocycles. The topological polar surface area (TPSA) is 6.48 Å². The summed E-state index contributed by atoms with van der Waals surface area (Å²) in [6, 6.07) is 0.753. The first-order chi connectivity index (χ1) is 4.74. The third-order valence-electron chi connectivity index (χ3n) is 2.37. The molecule has 60 valence electrons. The van der Waals surface area contributed by atoms with E-state index in [2.05, 4.69) is 30.7 Å². The minimum atomic E-state index is 0.753. The molecule has 0 amide bonds. The fourth-order valence-electron chi connectivity index (χ4n) is 1.65. The highest BCUT2D eigenvalue weighted by atomic mass is 15.3. The van der Waals surface area contributed by atoms with E-state index in [1.165, 1.54) is 26.2 Å². The van der Waals surface area contributed by atoms with Crippen LogP contribution >= 0.6 is 0 Å². The molecule has 2 heteroatoms. The zero-order valence-corrected chi connectivity index (χ0v) is 7.30. The Labute approximate surface area is 63.8 Å². The van der Waals surface area contributed by atoms with Crippen LogP contribution in [0, 0.1) is 0 Å². The highest BCUT2D eigenvalue weighted by molar-refractivity contribution is 4.75. The summed E-state index contributed by atoms with van der Waals surface area (Å²) in [4.78, 5) is 4.93. The van der Waals surface area contributed by atoms with Crippen LogP contribution in [0.2, 0.25) is 0 Å². The standard InChI is InChI=1S/C8H18N2/c1-4-10-6-5-9(3)7-8(10)2/h8H,4-7H2,1-3H3. The minimum absolute atomic E-state index is 0.753. The average molecular weight is 142 g/mol. The molecule has 1 saturated heterocycles. The quantitative estimate of drug-likeness (QED) is 0.530. The summed E-state index contributed by atoms with van der Waals surface area (Å²) in [7, 11) is 2.20. The van der Waals surface area contributed by atoms with Crippen LogP contribution in [0.4, 0.5) is 0 Å². The lowest BCUT2D eigenvalue weighted by molar-refractivity contribution is 0.106. The summed E-state index contributed by atoms with van der Waals surface area (Å²) in [5.74, 6) is 0. The van der Waals surface area contributed by atoms with Crippen LogP contribution in [-0.4, -0.2) is 49.1 Å². The molecule has 1 aliphatic rings. The SMILES string of the molecule is CCN1CCN(C)CC1C. The van der Waals surface area contributed by atoms with Crippen LogP contribution in [0.15, 0.2) is 0 Å². The van der Waals surface area contributed by atoms with Gasteiger partial charge < -0.3 is 4.90 Å². The van der Waals surface area contributed by atoms with Crippen molar-refractivity contribution in [2.24, 2.45) is 0 Å². The van der Waals surface area contributed by atoms with E-state index < -0.39 is 0 Å². The molecule has 0 aliphatic carbocycles. The van der Waals surface area contributed by atoms with Gasteiger partial charge in [-0.15, -0.1) is 0 Å². The molecule has 10 heavy (non-hydrogen) atoms. The van der Waals surface area contributed by atoms with Gasteiger partial charge in [-0.3, -0.25) is 4.90 Å². The van der Waals surface area contributed by atoms with Crippen molar-refractivity contribution in [1.82, 2.24) is 9.80 Å². The van der Waals surface area contributed by atoms with E-state index in [4.69, 9.17) is 0 Å². The maximum atomic E-state index is 2.53. The molecular weight excluding hydrogens is 124 g/mol. The molecule has 1 aliphatic heterocycles. The molecule has 0 bridgehead atoms. The number of likely N-dealkylation sites (N-methyl/N-ethyl adjacent to an activating group) is 2. The molecule has 0 aromatic rings. The summed E-state index contributed by atoms with van der Waals surface area (Å²) in [6.45, 7) is 9.45. The van der Waals surface area contributed by atoms with Gasteiger partial charge in [0, 0.05) is 25.7 Å². The fraction of sp³-hybridized carbons (Fsp3) is 1.00. The Morgan fingerprint density at radius 2 is 2.10 bits per heavy atom. The van der Waals surface area contributed by atoms with Crippen molar-refractivity contribution in [3.05, 3.63) is 0 Å². The maximum absolute atomic E-state index is 2.53. The van der Waals surface area contributed by atoms with E-state index >= 15 is 0 Å². The van der Waals surface area contributed by atoms with Gasteiger partial charge in [-0.1, -0.05) is 6.92 Å². The number of rotatable bonds is 1. The van der Waals surface area contributed by atoms with Crippen molar-refractivity contribution in [3.8, 4) is 0 Å². The lowest BCUT2D eigenvalue weighted by atomic mass is 10.2. The molecule has 1 atom stereocenters. The molecule has 0 saturated carbocycles. The van der Waals surface area contributed by atoms with E-state index in [9.17, 15) is 0 Å². The number of nitrogens with zero attached hydrogens (tertiary/aromatic N) is 2. The summed E-state index contributed by atoms with van der Waals surface area (Å²) in [6.07, 6.45) is 0. The van der Waals surface area contributed by atoms with Crippen molar-refractivity contribution < 1.29 is 0 Å². The van der Waals surface area contributed by atoms with Gasteiger partial charge in [-0.05, 0) is 20.5 Å². The predicted molar refractivity (Wildman–Crippen MR) is 44.2 cm³/mol. The molecule has 1 fully saturated rings. The second-order valence-corrected chi connectivity index (χ2v) is 3.24. The summed E-state index contributed by atoms with van der Waals surface area (Å²) >= 11 is 0. The highest BCUT2D eigenvalue weighted by Gasteiger charge is 2.18. The van der Waals surface area contributed by atoms with Crippen molar-refractivity contribution in [1.29, 1.82) is 0 Å².